The number of hydrogen-bond acceptors (Lipinski definition) is 5. The summed E-state index contributed by atoms with van der Waals surface area (Å²) in [6, 6.07) is -0.914. The smallest absolute Gasteiger partial charge is 0.408 e. The average Bonchev–Trinajstić information content (AvgIpc) is 2.91. The minimum atomic E-state index is -1.24. The molecule has 0 aromatic heterocycles. The maximum atomic E-state index is 12.6. The van der Waals surface area contributed by atoms with Gasteiger partial charge in [-0.3, -0.25) is 9.59 Å². The summed E-state index contributed by atoms with van der Waals surface area (Å²) in [7, 11) is 0. The molecule has 1 fully saturated rings. The molecule has 3 amide bonds. The number of primary amides is 1. The molecular formula is C19H29N3O5. The van der Waals surface area contributed by atoms with Gasteiger partial charge in [-0.05, 0) is 34.1 Å². The predicted molar refractivity (Wildman–Crippen MR) is 99.5 cm³/mol. The standard InChI is InChI=1S/C19H29N3O5/c1-12-6-5-7-13(8-12)19(26)9-14(16(20)24)22(11-19)15(23)10-21-17(25)27-18(2,3)4/h5-7,13-14,26H,8-11H2,1-4H3,(H2,20,24)(H,21,25)/t13?,14-,19-/m0/s1. The normalized spacial score (nSPS) is 27.9. The van der Waals surface area contributed by atoms with E-state index < -0.39 is 35.2 Å². The van der Waals surface area contributed by atoms with E-state index in [9.17, 15) is 19.5 Å². The molecule has 1 aliphatic heterocycles. The molecule has 2 rings (SSSR count). The van der Waals surface area contributed by atoms with Crippen LogP contribution in [0.25, 0.3) is 0 Å². The fourth-order valence-electron chi connectivity index (χ4n) is 3.47. The van der Waals surface area contributed by atoms with E-state index in [4.69, 9.17) is 10.5 Å². The van der Waals surface area contributed by atoms with Gasteiger partial charge in [0.1, 0.15) is 18.2 Å². The molecule has 0 spiro atoms. The molecule has 3 atom stereocenters. The molecular weight excluding hydrogens is 350 g/mol. The molecule has 27 heavy (non-hydrogen) atoms. The highest BCUT2D eigenvalue weighted by molar-refractivity contribution is 5.89. The van der Waals surface area contributed by atoms with Gasteiger partial charge in [-0.1, -0.05) is 23.8 Å². The summed E-state index contributed by atoms with van der Waals surface area (Å²) in [5.74, 6) is -1.38. The largest absolute Gasteiger partial charge is 0.444 e. The van der Waals surface area contributed by atoms with Crippen LogP contribution in [0.4, 0.5) is 4.79 Å². The zero-order valence-corrected chi connectivity index (χ0v) is 16.3. The second-order valence-electron chi connectivity index (χ2n) is 8.31. The molecule has 150 valence electrons. The highest BCUT2D eigenvalue weighted by atomic mass is 16.6. The Kier molecular flexibility index (Phi) is 5.99. The van der Waals surface area contributed by atoms with Crippen LogP contribution < -0.4 is 11.1 Å². The van der Waals surface area contributed by atoms with Crippen molar-refractivity contribution in [2.45, 2.75) is 57.8 Å². The number of hydrogen-bond donors (Lipinski definition) is 3. The molecule has 0 aromatic rings. The summed E-state index contributed by atoms with van der Waals surface area (Å²) in [6.07, 6.45) is 5.72. The minimum absolute atomic E-state index is 0.0161. The molecule has 4 N–H and O–H groups in total. The molecule has 1 saturated heterocycles. The van der Waals surface area contributed by atoms with Gasteiger partial charge in [0.05, 0.1) is 12.1 Å². The van der Waals surface area contributed by atoms with Crippen LogP contribution in [-0.4, -0.2) is 58.2 Å². The summed E-state index contributed by atoms with van der Waals surface area (Å²) in [4.78, 5) is 37.4. The van der Waals surface area contributed by atoms with Gasteiger partial charge in [0, 0.05) is 12.3 Å². The number of nitrogens with zero attached hydrogens (tertiary/aromatic N) is 1. The summed E-state index contributed by atoms with van der Waals surface area (Å²) in [5.41, 5.74) is 4.64. The van der Waals surface area contributed by atoms with Crippen molar-refractivity contribution in [1.29, 1.82) is 0 Å². The Balaban J connectivity index is 2.05. The molecule has 0 saturated carbocycles. The Bertz CT molecular complexity index is 679. The number of carbonyl (C=O) groups excluding carboxylic acids is 3. The van der Waals surface area contributed by atoms with Gasteiger partial charge < -0.3 is 25.8 Å². The second kappa shape index (κ2) is 7.72. The number of nitrogens with one attached hydrogen (secondary N) is 1. The molecule has 1 unspecified atom stereocenters. The molecule has 0 radical (unpaired) electrons. The van der Waals surface area contributed by atoms with Crippen molar-refractivity contribution in [2.24, 2.45) is 11.7 Å². The summed E-state index contributed by atoms with van der Waals surface area (Å²) in [6.45, 7) is 6.75. The molecule has 0 bridgehead atoms. The van der Waals surface area contributed by atoms with Crippen molar-refractivity contribution >= 4 is 17.9 Å². The number of ether oxygens (including phenoxy) is 1. The number of nitrogens with two attached hydrogens (primary N) is 1. The molecule has 0 aromatic carbocycles. The van der Waals surface area contributed by atoms with Crippen molar-refractivity contribution in [3.05, 3.63) is 23.8 Å². The Hall–Kier alpha value is -2.35. The SMILES string of the molecule is CC1=CC=CC([C@]2(O)C[C@@H](C(N)=O)N(C(=O)CNC(=O)OC(C)(C)C)C2)C1. The molecule has 1 aliphatic carbocycles. The van der Waals surface area contributed by atoms with E-state index >= 15 is 0 Å². The first kappa shape index (κ1) is 21.0. The topological polar surface area (TPSA) is 122 Å². The maximum absolute atomic E-state index is 12.6. The van der Waals surface area contributed by atoms with Crippen molar-refractivity contribution in [1.82, 2.24) is 10.2 Å². The zero-order chi connectivity index (χ0) is 20.4. The average molecular weight is 379 g/mol. The lowest BCUT2D eigenvalue weighted by atomic mass is 9.79. The number of likely N-dealkylation sites (tertiary alicyclic amines) is 1. The van der Waals surface area contributed by atoms with Crippen LogP contribution in [-0.2, 0) is 14.3 Å². The van der Waals surface area contributed by atoms with Crippen LogP contribution in [0, 0.1) is 5.92 Å². The maximum Gasteiger partial charge on any atom is 0.408 e. The van der Waals surface area contributed by atoms with Gasteiger partial charge in [0.25, 0.3) is 0 Å². The number of alkyl carbamates (subject to hydrolysis) is 1. The molecule has 2 aliphatic rings. The molecule has 8 heteroatoms. The van der Waals surface area contributed by atoms with Crippen molar-refractivity contribution in [3.8, 4) is 0 Å². The van der Waals surface area contributed by atoms with Gasteiger partial charge in [-0.25, -0.2) is 4.79 Å². The fourth-order valence-corrected chi connectivity index (χ4v) is 3.47. The Morgan fingerprint density at radius 2 is 2.07 bits per heavy atom. The van der Waals surface area contributed by atoms with Crippen LogP contribution in [0.1, 0.15) is 40.5 Å². The van der Waals surface area contributed by atoms with E-state index in [0.717, 1.165) is 5.57 Å². The number of allylic oxidation sites excluding steroid dienone is 3. The Morgan fingerprint density at radius 1 is 1.41 bits per heavy atom. The van der Waals surface area contributed by atoms with Gasteiger partial charge in [0.2, 0.25) is 11.8 Å². The fraction of sp³-hybridized carbons (Fsp3) is 0.632. The third-order valence-electron chi connectivity index (χ3n) is 4.76. The van der Waals surface area contributed by atoms with E-state index in [-0.39, 0.29) is 25.4 Å². The predicted octanol–water partition coefficient (Wildman–Crippen LogP) is 0.851. The van der Waals surface area contributed by atoms with E-state index in [1.54, 1.807) is 20.8 Å². The van der Waals surface area contributed by atoms with Crippen LogP contribution in [0.5, 0.6) is 0 Å². The van der Waals surface area contributed by atoms with Gasteiger partial charge in [0.15, 0.2) is 0 Å². The first-order valence-electron chi connectivity index (χ1n) is 9.03. The summed E-state index contributed by atoms with van der Waals surface area (Å²) < 4.78 is 5.10. The monoisotopic (exact) mass is 379 g/mol. The third kappa shape index (κ3) is 5.32. The van der Waals surface area contributed by atoms with E-state index in [1.165, 1.54) is 4.90 Å². The lowest BCUT2D eigenvalue weighted by Crippen LogP contribution is -2.48. The van der Waals surface area contributed by atoms with Crippen molar-refractivity contribution in [2.75, 3.05) is 13.1 Å². The third-order valence-corrected chi connectivity index (χ3v) is 4.76. The Labute approximate surface area is 159 Å². The molecule has 8 nitrogen and oxygen atoms in total. The van der Waals surface area contributed by atoms with Gasteiger partial charge in [-0.15, -0.1) is 0 Å². The quantitative estimate of drug-likeness (QED) is 0.668. The number of aliphatic hydroxyl groups is 1. The molecule has 1 heterocycles. The first-order chi connectivity index (χ1) is 12.4. The number of carbonyl (C=O) groups is 3. The summed E-state index contributed by atoms with van der Waals surface area (Å²) >= 11 is 0. The first-order valence-corrected chi connectivity index (χ1v) is 9.03. The van der Waals surface area contributed by atoms with E-state index in [0.29, 0.717) is 6.42 Å². The van der Waals surface area contributed by atoms with Crippen molar-refractivity contribution in [3.63, 3.8) is 0 Å². The minimum Gasteiger partial charge on any atom is -0.444 e. The lowest BCUT2D eigenvalue weighted by molar-refractivity contribution is -0.136. The van der Waals surface area contributed by atoms with Crippen LogP contribution >= 0.6 is 0 Å². The van der Waals surface area contributed by atoms with Crippen LogP contribution in [0.15, 0.2) is 23.8 Å². The van der Waals surface area contributed by atoms with Crippen LogP contribution in [0.2, 0.25) is 0 Å². The Morgan fingerprint density at radius 3 is 2.63 bits per heavy atom. The highest BCUT2D eigenvalue weighted by Crippen LogP contribution is 2.38. The van der Waals surface area contributed by atoms with Crippen LogP contribution in [0.3, 0.4) is 0 Å². The zero-order valence-electron chi connectivity index (χ0n) is 16.3. The van der Waals surface area contributed by atoms with Gasteiger partial charge in [-0.2, -0.15) is 0 Å². The summed E-state index contributed by atoms with van der Waals surface area (Å²) in [5, 5.41) is 13.5. The number of rotatable bonds is 4. The van der Waals surface area contributed by atoms with Gasteiger partial charge >= 0.3 is 6.09 Å². The van der Waals surface area contributed by atoms with Crippen molar-refractivity contribution < 1.29 is 24.2 Å². The number of amides is 3. The highest BCUT2D eigenvalue weighted by Gasteiger charge is 2.50. The van der Waals surface area contributed by atoms with E-state index in [1.807, 2.05) is 25.2 Å². The lowest BCUT2D eigenvalue weighted by Gasteiger charge is -2.32. The van der Waals surface area contributed by atoms with E-state index in [2.05, 4.69) is 5.32 Å². The number of β-amino-alcohol motifs (C(OH)–C–C–N with tert-alkyl or cyclic N) is 1. The second-order valence-corrected chi connectivity index (χ2v) is 8.31.